The second-order valence-corrected chi connectivity index (χ2v) is 7.64. The number of nitrogens with one attached hydrogen (secondary N) is 3. The molecule has 0 aliphatic rings. The number of alkyl halides is 1. The first-order chi connectivity index (χ1) is 16.5. The summed E-state index contributed by atoms with van der Waals surface area (Å²) in [7, 11) is 2.93. The van der Waals surface area contributed by atoms with Crippen molar-refractivity contribution in [2.45, 2.75) is 18.9 Å². The van der Waals surface area contributed by atoms with E-state index in [4.69, 9.17) is 31.0 Å². The first-order valence-corrected chi connectivity index (χ1v) is 10.8. The van der Waals surface area contributed by atoms with E-state index in [1.54, 1.807) is 42.5 Å². The first kappa shape index (κ1) is 25.0. The Labute approximate surface area is 201 Å². The Morgan fingerprint density at radius 3 is 2.47 bits per heavy atom. The van der Waals surface area contributed by atoms with Crippen LogP contribution >= 0.6 is 11.6 Å². The lowest BCUT2D eigenvalue weighted by Crippen LogP contribution is -2.31. The Bertz CT molecular complexity index is 1100. The molecule has 0 unspecified atom stereocenters. The van der Waals surface area contributed by atoms with Gasteiger partial charge in [-0.15, -0.1) is 0 Å². The molecule has 1 aromatic heterocycles. The van der Waals surface area contributed by atoms with Gasteiger partial charge in [-0.25, -0.2) is 4.39 Å². The maximum atomic E-state index is 13.2. The molecule has 9 nitrogen and oxygen atoms in total. The third kappa shape index (κ3) is 6.22. The number of aromatic nitrogens is 2. The van der Waals surface area contributed by atoms with Gasteiger partial charge in [-0.3, -0.25) is 10.2 Å². The van der Waals surface area contributed by atoms with Crippen molar-refractivity contribution < 1.29 is 23.2 Å². The van der Waals surface area contributed by atoms with E-state index in [0.29, 0.717) is 47.3 Å². The number of carbonyl (C=O) groups is 1. The lowest BCUT2D eigenvalue weighted by molar-refractivity contribution is 0.0919. The van der Waals surface area contributed by atoms with Crippen molar-refractivity contribution in [1.29, 1.82) is 5.41 Å². The molecule has 11 heteroatoms. The van der Waals surface area contributed by atoms with Crippen LogP contribution in [0.3, 0.4) is 0 Å². The molecular formula is C23H25ClFN5O4. The predicted octanol–water partition coefficient (Wildman–Crippen LogP) is 4.19. The maximum absolute atomic E-state index is 13.2. The molecule has 0 saturated carbocycles. The second kappa shape index (κ2) is 12.0. The van der Waals surface area contributed by atoms with Crippen LogP contribution in [0, 0.1) is 5.41 Å². The van der Waals surface area contributed by atoms with Gasteiger partial charge in [-0.05, 0) is 49.2 Å². The SMILES string of the molecule is COc1cccc(OC)c1C(=O)N[C@@H](CCCNC(=N)CF)c1nc(-c2ccc(Cl)cc2)no1. The fraction of sp³-hybridized carbons (Fsp3) is 0.304. The number of amidine groups is 1. The summed E-state index contributed by atoms with van der Waals surface area (Å²) >= 11 is 5.95. The Morgan fingerprint density at radius 2 is 1.85 bits per heavy atom. The number of nitrogens with zero attached hydrogens (tertiary/aromatic N) is 2. The number of hydrogen-bond donors (Lipinski definition) is 3. The van der Waals surface area contributed by atoms with E-state index >= 15 is 0 Å². The Morgan fingerprint density at radius 1 is 1.18 bits per heavy atom. The van der Waals surface area contributed by atoms with Gasteiger partial charge in [0.2, 0.25) is 11.7 Å². The lowest BCUT2D eigenvalue weighted by Gasteiger charge is -2.18. The summed E-state index contributed by atoms with van der Waals surface area (Å²) in [6, 6.07) is 11.3. The zero-order chi connectivity index (χ0) is 24.5. The van der Waals surface area contributed by atoms with Crippen LogP contribution in [0.4, 0.5) is 4.39 Å². The predicted molar refractivity (Wildman–Crippen MR) is 125 cm³/mol. The summed E-state index contributed by atoms with van der Waals surface area (Å²) in [6.45, 7) is -0.535. The topological polar surface area (TPSA) is 122 Å². The minimum atomic E-state index is -0.873. The normalized spacial score (nSPS) is 11.5. The zero-order valence-electron chi connectivity index (χ0n) is 18.7. The fourth-order valence-corrected chi connectivity index (χ4v) is 3.37. The molecule has 0 aliphatic heterocycles. The van der Waals surface area contributed by atoms with Gasteiger partial charge in [-0.2, -0.15) is 4.98 Å². The number of hydrogen-bond acceptors (Lipinski definition) is 7. The van der Waals surface area contributed by atoms with Gasteiger partial charge in [-0.1, -0.05) is 22.8 Å². The van der Waals surface area contributed by atoms with Crippen molar-refractivity contribution in [2.75, 3.05) is 27.4 Å². The molecule has 0 radical (unpaired) electrons. The molecule has 0 bridgehead atoms. The van der Waals surface area contributed by atoms with Crippen molar-refractivity contribution in [3.8, 4) is 22.9 Å². The third-order valence-electron chi connectivity index (χ3n) is 4.94. The molecule has 0 aliphatic carbocycles. The zero-order valence-corrected chi connectivity index (χ0v) is 19.5. The van der Waals surface area contributed by atoms with Gasteiger partial charge in [0.25, 0.3) is 5.91 Å². The van der Waals surface area contributed by atoms with Crippen molar-refractivity contribution in [3.05, 3.63) is 58.9 Å². The van der Waals surface area contributed by atoms with Crippen LogP contribution in [0.2, 0.25) is 5.02 Å². The first-order valence-electron chi connectivity index (χ1n) is 10.5. The highest BCUT2D eigenvalue weighted by Crippen LogP contribution is 2.30. The highest BCUT2D eigenvalue weighted by molar-refractivity contribution is 6.30. The minimum absolute atomic E-state index is 0.202. The van der Waals surface area contributed by atoms with E-state index in [9.17, 15) is 9.18 Å². The Balaban J connectivity index is 1.84. The molecule has 0 saturated heterocycles. The van der Waals surface area contributed by atoms with Crippen LogP contribution in [0.15, 0.2) is 47.0 Å². The molecule has 1 amide bonds. The van der Waals surface area contributed by atoms with Crippen LogP contribution in [-0.4, -0.2) is 49.3 Å². The highest BCUT2D eigenvalue weighted by atomic mass is 35.5. The average Bonchev–Trinajstić information content (AvgIpc) is 3.35. The molecule has 0 fully saturated rings. The van der Waals surface area contributed by atoms with E-state index in [0.717, 1.165) is 0 Å². The van der Waals surface area contributed by atoms with Crippen LogP contribution in [0.1, 0.15) is 35.1 Å². The average molecular weight is 490 g/mol. The van der Waals surface area contributed by atoms with E-state index < -0.39 is 18.6 Å². The summed E-state index contributed by atoms with van der Waals surface area (Å²) in [6.07, 6.45) is 0.882. The molecule has 0 spiro atoms. The summed E-state index contributed by atoms with van der Waals surface area (Å²) in [5.74, 6) is 0.588. The molecule has 1 heterocycles. The van der Waals surface area contributed by atoms with Gasteiger partial charge in [0.15, 0.2) is 0 Å². The number of rotatable bonds is 11. The fourth-order valence-electron chi connectivity index (χ4n) is 3.25. The number of ether oxygens (including phenoxy) is 2. The van der Waals surface area contributed by atoms with Gasteiger partial charge in [0.1, 0.15) is 35.6 Å². The minimum Gasteiger partial charge on any atom is -0.496 e. The number of amides is 1. The number of methoxy groups -OCH3 is 2. The quantitative estimate of drug-likeness (QED) is 0.209. The standard InChI is InChI=1S/C23H25ClFN5O4/c1-32-17-6-3-7-18(33-2)20(17)22(31)28-16(5-4-12-27-19(26)13-25)23-29-21(30-34-23)14-8-10-15(24)11-9-14/h3,6-11,16H,4-5,12-13H2,1-2H3,(H2,26,27)(H,28,31)/t16-/m0/s1. The highest BCUT2D eigenvalue weighted by Gasteiger charge is 2.26. The molecule has 2 aromatic carbocycles. The molecule has 3 rings (SSSR count). The van der Waals surface area contributed by atoms with Crippen molar-refractivity contribution in [3.63, 3.8) is 0 Å². The van der Waals surface area contributed by atoms with Crippen LogP contribution in [0.25, 0.3) is 11.4 Å². The molecule has 3 aromatic rings. The number of halogens is 2. The van der Waals surface area contributed by atoms with E-state index in [1.165, 1.54) is 14.2 Å². The second-order valence-electron chi connectivity index (χ2n) is 7.21. The summed E-state index contributed by atoms with van der Waals surface area (Å²) < 4.78 is 28.7. The molecular weight excluding hydrogens is 465 g/mol. The summed E-state index contributed by atoms with van der Waals surface area (Å²) in [5.41, 5.74) is 0.932. The van der Waals surface area contributed by atoms with E-state index in [-0.39, 0.29) is 17.3 Å². The van der Waals surface area contributed by atoms with Gasteiger partial charge in [0, 0.05) is 17.1 Å². The summed E-state index contributed by atoms with van der Waals surface area (Å²) in [4.78, 5) is 17.7. The third-order valence-corrected chi connectivity index (χ3v) is 5.20. The monoisotopic (exact) mass is 489 g/mol. The van der Waals surface area contributed by atoms with Crippen LogP contribution in [0.5, 0.6) is 11.5 Å². The van der Waals surface area contributed by atoms with E-state index in [1.807, 2.05) is 0 Å². The molecule has 180 valence electrons. The summed E-state index contributed by atoms with van der Waals surface area (Å²) in [5, 5.41) is 17.6. The lowest BCUT2D eigenvalue weighted by atomic mass is 10.1. The maximum Gasteiger partial charge on any atom is 0.259 e. The van der Waals surface area contributed by atoms with Crippen molar-refractivity contribution in [1.82, 2.24) is 20.8 Å². The van der Waals surface area contributed by atoms with Gasteiger partial charge >= 0.3 is 0 Å². The molecule has 1 atom stereocenters. The van der Waals surface area contributed by atoms with Gasteiger partial charge in [0.05, 0.1) is 14.2 Å². The number of carbonyl (C=O) groups excluding carboxylic acids is 1. The Kier molecular flexibility index (Phi) is 8.80. The van der Waals surface area contributed by atoms with Crippen molar-refractivity contribution in [2.24, 2.45) is 0 Å². The molecule has 3 N–H and O–H groups in total. The number of benzene rings is 2. The van der Waals surface area contributed by atoms with Crippen LogP contribution in [-0.2, 0) is 0 Å². The largest absolute Gasteiger partial charge is 0.496 e. The molecule has 34 heavy (non-hydrogen) atoms. The van der Waals surface area contributed by atoms with Gasteiger partial charge < -0.3 is 24.6 Å². The Hall–Kier alpha value is -3.66. The smallest absolute Gasteiger partial charge is 0.259 e. The van der Waals surface area contributed by atoms with Crippen LogP contribution < -0.4 is 20.1 Å². The van der Waals surface area contributed by atoms with E-state index in [2.05, 4.69) is 20.8 Å². The van der Waals surface area contributed by atoms with Crippen molar-refractivity contribution >= 4 is 23.3 Å².